The van der Waals surface area contributed by atoms with Crippen LogP contribution in [0.5, 0.6) is 5.75 Å². The Labute approximate surface area is 153 Å². The van der Waals surface area contributed by atoms with Crippen LogP contribution >= 0.6 is 0 Å². The second-order valence-electron chi connectivity index (χ2n) is 6.88. The van der Waals surface area contributed by atoms with E-state index in [-0.39, 0.29) is 18.4 Å². The smallest absolute Gasteiger partial charge is 0.262 e. The van der Waals surface area contributed by atoms with Gasteiger partial charge in [0.2, 0.25) is 0 Å². The number of hydrogen-bond acceptors (Lipinski definition) is 3. The molecule has 1 saturated carbocycles. The van der Waals surface area contributed by atoms with E-state index in [2.05, 4.69) is 36.5 Å². The maximum Gasteiger partial charge on any atom is 0.262 e. The zero-order chi connectivity index (χ0) is 18.1. The Bertz CT molecular complexity index is 841. The third kappa shape index (κ3) is 3.43. The van der Waals surface area contributed by atoms with Crippen molar-refractivity contribution in [2.24, 2.45) is 0 Å². The Morgan fingerprint density at radius 1 is 1.15 bits per heavy atom. The number of aryl methyl sites for hydroxylation is 1. The van der Waals surface area contributed by atoms with Gasteiger partial charge in [-0.3, -0.25) is 9.59 Å². The summed E-state index contributed by atoms with van der Waals surface area (Å²) in [6.45, 7) is 2.73. The molecule has 0 aromatic heterocycles. The van der Waals surface area contributed by atoms with Crippen molar-refractivity contribution in [3.05, 3.63) is 59.2 Å². The van der Waals surface area contributed by atoms with Gasteiger partial charge in [-0.25, -0.2) is 0 Å². The zero-order valence-corrected chi connectivity index (χ0v) is 14.8. The van der Waals surface area contributed by atoms with Crippen LogP contribution in [0, 0.1) is 0 Å². The highest BCUT2D eigenvalue weighted by atomic mass is 16.5. The minimum atomic E-state index is -0.174. The molecule has 1 aliphatic carbocycles. The zero-order valence-electron chi connectivity index (χ0n) is 14.8. The first-order valence-corrected chi connectivity index (χ1v) is 9.09. The molecule has 1 heterocycles. The van der Waals surface area contributed by atoms with Crippen LogP contribution in [0.25, 0.3) is 0 Å². The molecule has 0 spiro atoms. The Morgan fingerprint density at radius 3 is 2.58 bits per heavy atom. The number of carbonyl (C=O) groups excluding carboxylic acids is 2. The molecule has 26 heavy (non-hydrogen) atoms. The molecule has 5 nitrogen and oxygen atoms in total. The van der Waals surface area contributed by atoms with Crippen LogP contribution in [0.1, 0.15) is 41.3 Å². The standard InChI is InChI=1S/C21H22N2O3/c1-2-14-3-5-15(6-4-14)12-23(17-8-9-17)21(25)16-7-10-18-19(11-16)26-13-20(24)22-18/h3-7,10-11,17H,2,8-9,12-13H2,1H3,(H,22,24). The number of nitrogens with zero attached hydrogens (tertiary/aromatic N) is 1. The minimum absolute atomic E-state index is 0.00960. The normalized spacial score (nSPS) is 15.7. The van der Waals surface area contributed by atoms with Crippen molar-refractivity contribution in [2.75, 3.05) is 11.9 Å². The highest BCUT2D eigenvalue weighted by molar-refractivity contribution is 5.99. The van der Waals surface area contributed by atoms with E-state index in [9.17, 15) is 9.59 Å². The molecule has 0 bridgehead atoms. The van der Waals surface area contributed by atoms with E-state index >= 15 is 0 Å². The van der Waals surface area contributed by atoms with E-state index in [0.717, 1.165) is 24.8 Å². The fourth-order valence-corrected chi connectivity index (χ4v) is 3.20. The first-order chi connectivity index (χ1) is 12.6. The second-order valence-corrected chi connectivity index (χ2v) is 6.88. The number of rotatable bonds is 5. The number of hydrogen-bond donors (Lipinski definition) is 1. The van der Waals surface area contributed by atoms with Gasteiger partial charge < -0.3 is 15.0 Å². The topological polar surface area (TPSA) is 58.6 Å². The maximum absolute atomic E-state index is 13.1. The fraction of sp³-hybridized carbons (Fsp3) is 0.333. The van der Waals surface area contributed by atoms with Crippen LogP contribution in [0.3, 0.4) is 0 Å². The molecule has 5 heteroatoms. The van der Waals surface area contributed by atoms with Crippen molar-refractivity contribution in [3.63, 3.8) is 0 Å². The number of fused-ring (bicyclic) bond motifs is 1. The van der Waals surface area contributed by atoms with E-state index in [0.29, 0.717) is 29.6 Å². The van der Waals surface area contributed by atoms with Gasteiger partial charge in [-0.15, -0.1) is 0 Å². The van der Waals surface area contributed by atoms with E-state index in [4.69, 9.17) is 4.74 Å². The lowest BCUT2D eigenvalue weighted by Gasteiger charge is -2.24. The van der Waals surface area contributed by atoms with Crippen molar-refractivity contribution in [2.45, 2.75) is 38.8 Å². The van der Waals surface area contributed by atoms with Crippen molar-refractivity contribution >= 4 is 17.5 Å². The van der Waals surface area contributed by atoms with Crippen molar-refractivity contribution in [3.8, 4) is 5.75 Å². The van der Waals surface area contributed by atoms with Gasteiger partial charge in [0.15, 0.2) is 6.61 Å². The highest BCUT2D eigenvalue weighted by Gasteiger charge is 2.33. The van der Waals surface area contributed by atoms with Crippen LogP contribution < -0.4 is 10.1 Å². The summed E-state index contributed by atoms with van der Waals surface area (Å²) in [4.78, 5) is 26.4. The fourth-order valence-electron chi connectivity index (χ4n) is 3.20. The Hall–Kier alpha value is -2.82. The first-order valence-electron chi connectivity index (χ1n) is 9.09. The average Bonchev–Trinajstić information content (AvgIpc) is 3.50. The van der Waals surface area contributed by atoms with Gasteiger partial charge in [-0.2, -0.15) is 0 Å². The van der Waals surface area contributed by atoms with E-state index in [1.165, 1.54) is 5.56 Å². The molecule has 2 aromatic carbocycles. The van der Waals surface area contributed by atoms with Crippen LogP contribution in [0.15, 0.2) is 42.5 Å². The number of amides is 2. The van der Waals surface area contributed by atoms with Crippen LogP contribution in [-0.4, -0.2) is 29.4 Å². The van der Waals surface area contributed by atoms with E-state index in [1.807, 2.05) is 4.90 Å². The van der Waals surface area contributed by atoms with Crippen LogP contribution in [-0.2, 0) is 17.8 Å². The summed E-state index contributed by atoms with van der Waals surface area (Å²) in [5, 5.41) is 2.75. The molecule has 1 aliphatic heterocycles. The third-order valence-electron chi connectivity index (χ3n) is 4.89. The summed E-state index contributed by atoms with van der Waals surface area (Å²) in [6, 6.07) is 14.0. The van der Waals surface area contributed by atoms with Gasteiger partial charge in [0.05, 0.1) is 5.69 Å². The molecular weight excluding hydrogens is 328 g/mol. The van der Waals surface area contributed by atoms with Crippen molar-refractivity contribution < 1.29 is 14.3 Å². The second kappa shape index (κ2) is 6.83. The summed E-state index contributed by atoms with van der Waals surface area (Å²) in [7, 11) is 0. The highest BCUT2D eigenvalue weighted by Crippen LogP contribution is 2.33. The molecule has 1 fully saturated rings. The summed E-state index contributed by atoms with van der Waals surface area (Å²) in [5.74, 6) is 0.389. The molecule has 2 aromatic rings. The van der Waals surface area contributed by atoms with Crippen molar-refractivity contribution in [1.29, 1.82) is 0 Å². The Morgan fingerprint density at radius 2 is 1.88 bits per heavy atom. The monoisotopic (exact) mass is 350 g/mol. The molecule has 1 N–H and O–H groups in total. The van der Waals surface area contributed by atoms with Crippen LogP contribution in [0.2, 0.25) is 0 Å². The summed E-state index contributed by atoms with van der Waals surface area (Å²) in [5.41, 5.74) is 3.65. The molecule has 0 atom stereocenters. The molecule has 2 amide bonds. The summed E-state index contributed by atoms with van der Waals surface area (Å²) >= 11 is 0. The molecule has 4 rings (SSSR count). The number of anilines is 1. The number of carbonyl (C=O) groups is 2. The molecule has 0 saturated heterocycles. The number of nitrogens with one attached hydrogen (secondary N) is 1. The number of benzene rings is 2. The number of ether oxygens (including phenoxy) is 1. The quantitative estimate of drug-likeness (QED) is 0.899. The lowest BCUT2D eigenvalue weighted by Crippen LogP contribution is -2.33. The van der Waals surface area contributed by atoms with Gasteiger partial charge in [0, 0.05) is 18.2 Å². The van der Waals surface area contributed by atoms with Gasteiger partial charge in [-0.1, -0.05) is 31.2 Å². The molecular formula is C21H22N2O3. The Kier molecular flexibility index (Phi) is 4.37. The summed E-state index contributed by atoms with van der Waals surface area (Å²) < 4.78 is 5.44. The van der Waals surface area contributed by atoms with Crippen molar-refractivity contribution in [1.82, 2.24) is 4.90 Å². The summed E-state index contributed by atoms with van der Waals surface area (Å²) in [6.07, 6.45) is 3.11. The van der Waals surface area contributed by atoms with Gasteiger partial charge in [0.25, 0.3) is 11.8 Å². The SMILES string of the molecule is CCc1ccc(CN(C(=O)c2ccc3c(c2)OCC(=O)N3)C2CC2)cc1. The van der Waals surface area contributed by atoms with E-state index in [1.54, 1.807) is 18.2 Å². The predicted octanol–water partition coefficient (Wildman–Crippen LogP) is 3.38. The molecule has 2 aliphatic rings. The maximum atomic E-state index is 13.1. The molecule has 0 radical (unpaired) electrons. The van der Waals surface area contributed by atoms with Gasteiger partial charge in [-0.05, 0) is 48.6 Å². The lowest BCUT2D eigenvalue weighted by atomic mass is 10.1. The third-order valence-corrected chi connectivity index (χ3v) is 4.89. The van der Waals surface area contributed by atoms with Gasteiger partial charge in [0.1, 0.15) is 5.75 Å². The minimum Gasteiger partial charge on any atom is -0.482 e. The molecule has 0 unspecified atom stereocenters. The molecule has 134 valence electrons. The Balaban J connectivity index is 1.55. The predicted molar refractivity (Wildman–Crippen MR) is 99.3 cm³/mol. The van der Waals surface area contributed by atoms with Crippen LogP contribution in [0.4, 0.5) is 5.69 Å². The van der Waals surface area contributed by atoms with E-state index < -0.39 is 0 Å². The lowest BCUT2D eigenvalue weighted by molar-refractivity contribution is -0.118. The first kappa shape index (κ1) is 16.6. The van der Waals surface area contributed by atoms with Gasteiger partial charge >= 0.3 is 0 Å². The average molecular weight is 350 g/mol. The largest absolute Gasteiger partial charge is 0.482 e.